The minimum absolute atomic E-state index is 0.0700. The van der Waals surface area contributed by atoms with Gasteiger partial charge in [-0.15, -0.1) is 0 Å². The first-order chi connectivity index (χ1) is 29.2. The molecule has 0 aliphatic carbocycles. The molecular formula is C44H64N6O11. The summed E-state index contributed by atoms with van der Waals surface area (Å²) < 4.78 is 0. The predicted octanol–water partition coefficient (Wildman–Crippen LogP) is 3.04. The maximum absolute atomic E-state index is 13.6. The average molecular weight is 853 g/mol. The number of unbranched alkanes of at least 4 members (excludes halogenated alkanes) is 12. The maximum atomic E-state index is 13.6. The summed E-state index contributed by atoms with van der Waals surface area (Å²) in [5.74, 6) is -6.22. The van der Waals surface area contributed by atoms with Crippen LogP contribution in [0.25, 0.3) is 11.1 Å². The van der Waals surface area contributed by atoms with Gasteiger partial charge >= 0.3 is 5.97 Å². The van der Waals surface area contributed by atoms with E-state index in [0.717, 1.165) is 29.1 Å². The number of carboxylic acid groups (broad SMARTS) is 1. The molecule has 1 aliphatic heterocycles. The molecule has 0 saturated heterocycles. The van der Waals surface area contributed by atoms with E-state index in [9.17, 15) is 54.0 Å². The summed E-state index contributed by atoms with van der Waals surface area (Å²) in [7, 11) is 2.68. The first kappa shape index (κ1) is 49.7. The van der Waals surface area contributed by atoms with Gasteiger partial charge in [-0.2, -0.15) is 0 Å². The van der Waals surface area contributed by atoms with Crippen molar-refractivity contribution >= 4 is 41.4 Å². The van der Waals surface area contributed by atoms with Gasteiger partial charge in [0.1, 0.15) is 29.6 Å². The van der Waals surface area contributed by atoms with Crippen LogP contribution in [0.4, 0.5) is 0 Å². The number of hydrogen-bond acceptors (Lipinski definition) is 10. The first-order valence-electron chi connectivity index (χ1n) is 21.3. The minimum atomic E-state index is -1.45. The topological polar surface area (TPSA) is 255 Å². The lowest BCUT2D eigenvalue weighted by molar-refractivity contribution is -0.142. The smallest absolute Gasteiger partial charge is 0.326 e. The highest BCUT2D eigenvalue weighted by Gasteiger charge is 2.32. The summed E-state index contributed by atoms with van der Waals surface area (Å²) in [6, 6.07) is 4.13. The second-order valence-corrected chi connectivity index (χ2v) is 15.6. The van der Waals surface area contributed by atoms with E-state index in [1.165, 1.54) is 108 Å². The number of likely N-dealkylation sites (N-methyl/N-ethyl adjacent to an activating group) is 2. The number of rotatable bonds is 23. The molecule has 2 aromatic carbocycles. The molecule has 3 rings (SSSR count). The Morgan fingerprint density at radius 3 is 1.93 bits per heavy atom. The number of nitrogens with zero attached hydrogens (tertiary/aromatic N) is 2. The molecule has 336 valence electrons. The van der Waals surface area contributed by atoms with Gasteiger partial charge in [0.25, 0.3) is 0 Å². The molecule has 0 aromatic heterocycles. The summed E-state index contributed by atoms with van der Waals surface area (Å²) in [5, 5.41) is 50.6. The summed E-state index contributed by atoms with van der Waals surface area (Å²) in [5.41, 5.74) is 0.740. The molecule has 61 heavy (non-hydrogen) atoms. The van der Waals surface area contributed by atoms with Crippen molar-refractivity contribution in [3.05, 3.63) is 47.5 Å². The van der Waals surface area contributed by atoms with Crippen LogP contribution in [0.1, 0.15) is 114 Å². The van der Waals surface area contributed by atoms with Crippen molar-refractivity contribution in [3.63, 3.8) is 0 Å². The average Bonchev–Trinajstić information content (AvgIpc) is 3.23. The molecule has 0 spiro atoms. The van der Waals surface area contributed by atoms with Gasteiger partial charge in [-0.05, 0) is 41.8 Å². The second-order valence-electron chi connectivity index (χ2n) is 15.6. The van der Waals surface area contributed by atoms with Crippen LogP contribution in [0.3, 0.4) is 0 Å². The van der Waals surface area contributed by atoms with Crippen molar-refractivity contribution in [2.24, 2.45) is 0 Å². The highest BCUT2D eigenvalue weighted by atomic mass is 16.4. The van der Waals surface area contributed by atoms with Crippen LogP contribution in [0.5, 0.6) is 11.5 Å². The molecular weight excluding hydrogens is 789 g/mol. The Labute approximate surface area is 357 Å². The van der Waals surface area contributed by atoms with Crippen LogP contribution < -0.4 is 21.3 Å². The lowest BCUT2D eigenvalue weighted by Crippen LogP contribution is -2.52. The molecule has 6 amide bonds. The number of carbonyl (C=O) groups is 7. The largest absolute Gasteiger partial charge is 0.507 e. The summed E-state index contributed by atoms with van der Waals surface area (Å²) in [6.07, 6.45) is 15.2. The number of aromatic hydroxyl groups is 2. The number of aliphatic carboxylic acids is 1. The zero-order chi connectivity index (χ0) is 44.9. The van der Waals surface area contributed by atoms with Crippen molar-refractivity contribution in [1.29, 1.82) is 0 Å². The van der Waals surface area contributed by atoms with E-state index in [0.29, 0.717) is 12.0 Å². The van der Waals surface area contributed by atoms with Gasteiger partial charge in [-0.3, -0.25) is 28.8 Å². The summed E-state index contributed by atoms with van der Waals surface area (Å²) >= 11 is 0. The molecule has 0 radical (unpaired) electrons. The fourth-order valence-corrected chi connectivity index (χ4v) is 7.18. The maximum Gasteiger partial charge on any atom is 0.326 e. The molecule has 2 aromatic rings. The third-order valence-corrected chi connectivity index (χ3v) is 10.9. The molecule has 8 N–H and O–H groups in total. The molecule has 4 bridgehead atoms. The van der Waals surface area contributed by atoms with E-state index in [-0.39, 0.29) is 46.9 Å². The number of aliphatic hydroxyl groups excluding tert-OH is 1. The van der Waals surface area contributed by atoms with Crippen molar-refractivity contribution in [2.75, 3.05) is 40.3 Å². The highest BCUT2D eigenvalue weighted by molar-refractivity contribution is 5.95. The summed E-state index contributed by atoms with van der Waals surface area (Å²) in [4.78, 5) is 92.3. The third-order valence-electron chi connectivity index (χ3n) is 10.9. The number of nitrogens with one attached hydrogen (secondary N) is 4. The van der Waals surface area contributed by atoms with E-state index in [1.54, 1.807) is 0 Å². The van der Waals surface area contributed by atoms with Crippen molar-refractivity contribution < 1.29 is 54.0 Å². The zero-order valence-electron chi connectivity index (χ0n) is 35.7. The fraction of sp³-hybridized carbons (Fsp3) is 0.568. The Morgan fingerprint density at radius 1 is 0.770 bits per heavy atom. The van der Waals surface area contributed by atoms with Gasteiger partial charge in [0.05, 0.1) is 26.2 Å². The van der Waals surface area contributed by atoms with Crippen LogP contribution in [0.15, 0.2) is 36.4 Å². The number of aliphatic hydroxyl groups is 1. The number of phenols is 2. The third kappa shape index (κ3) is 16.0. The Kier molecular flexibility index (Phi) is 21.0. The van der Waals surface area contributed by atoms with E-state index in [2.05, 4.69) is 28.2 Å². The molecule has 1 aliphatic rings. The zero-order valence-corrected chi connectivity index (χ0v) is 35.7. The number of benzene rings is 2. The molecule has 1 heterocycles. The lowest BCUT2D eigenvalue weighted by Gasteiger charge is -2.29. The van der Waals surface area contributed by atoms with Crippen LogP contribution in [0, 0.1) is 0 Å². The predicted molar refractivity (Wildman–Crippen MR) is 227 cm³/mol. The van der Waals surface area contributed by atoms with E-state index in [1.807, 2.05) is 0 Å². The van der Waals surface area contributed by atoms with E-state index in [4.69, 9.17) is 0 Å². The normalized spacial score (nSPS) is 15.7. The highest BCUT2D eigenvalue weighted by Crippen LogP contribution is 2.38. The van der Waals surface area contributed by atoms with Crippen LogP contribution >= 0.6 is 0 Å². The number of hydrogen-bond donors (Lipinski definition) is 8. The molecule has 0 saturated carbocycles. The molecule has 17 nitrogen and oxygen atoms in total. The van der Waals surface area contributed by atoms with Crippen LogP contribution in [0.2, 0.25) is 0 Å². The van der Waals surface area contributed by atoms with Gasteiger partial charge in [0.15, 0.2) is 0 Å². The first-order valence-corrected chi connectivity index (χ1v) is 21.3. The Balaban J connectivity index is 1.54. The second kappa shape index (κ2) is 25.8. The molecule has 17 heteroatoms. The summed E-state index contributed by atoms with van der Waals surface area (Å²) in [6.45, 7) is -0.319. The van der Waals surface area contributed by atoms with E-state index < -0.39 is 79.9 Å². The number of fused-ring (bicyclic) bond motifs is 5. The van der Waals surface area contributed by atoms with Crippen molar-refractivity contribution in [3.8, 4) is 22.6 Å². The standard InChI is InChI=1S/C44H64N6O11/c1-4-5-6-7-8-9-10-11-12-13-14-15-16-17-39(56)49(2)34(28-51)42(58)46-25-37(54)45-27-40(57)50(3)41-30-19-21-36(53)32(24-30)31-22-29(18-20-35(31)52)23-33(44(60)61)48-38(55)26-47-43(41)59/h18-22,24,33-34,41,51-53H,4-17,23,25-28H2,1-3H3,(H,45,54)(H,46,58)(H,47,59)(H,48,55)(H,60,61). The van der Waals surface area contributed by atoms with Gasteiger partial charge in [0, 0.05) is 38.1 Å². The fourth-order valence-electron chi connectivity index (χ4n) is 7.18. The number of carbonyl (C=O) groups excluding carboxylic acids is 6. The Hall–Kier alpha value is -5.71. The number of amides is 6. The van der Waals surface area contributed by atoms with Gasteiger partial charge in [-0.25, -0.2) is 4.79 Å². The van der Waals surface area contributed by atoms with E-state index >= 15 is 0 Å². The van der Waals surface area contributed by atoms with Gasteiger partial charge in [0.2, 0.25) is 35.4 Å². The van der Waals surface area contributed by atoms with Gasteiger partial charge in [-0.1, -0.05) is 96.1 Å². The number of phenolic OH excluding ortho intramolecular Hbond substituents is 2. The lowest BCUT2D eigenvalue weighted by atomic mass is 9.94. The monoisotopic (exact) mass is 852 g/mol. The van der Waals surface area contributed by atoms with Crippen LogP contribution in [-0.2, 0) is 40.0 Å². The van der Waals surface area contributed by atoms with Gasteiger partial charge < -0.3 is 51.5 Å². The van der Waals surface area contributed by atoms with Crippen LogP contribution in [-0.4, -0.2) is 124 Å². The Morgan fingerprint density at radius 2 is 1.34 bits per heavy atom. The number of carboxylic acids is 1. The SMILES string of the molecule is CCCCCCCCCCCCCCCC(=O)N(C)C(CO)C(=O)NCC(=O)NCC(=O)N(C)C1C(=O)NCC(=O)NC(C(=O)O)Cc2ccc(O)c(c2)-c2cc1ccc2O. The Bertz CT molecular complexity index is 1820. The molecule has 0 fully saturated rings. The minimum Gasteiger partial charge on any atom is -0.507 e. The van der Waals surface area contributed by atoms with Crippen molar-refractivity contribution in [2.45, 2.75) is 121 Å². The van der Waals surface area contributed by atoms with Crippen molar-refractivity contribution in [1.82, 2.24) is 31.1 Å². The molecule has 3 atom stereocenters. The molecule has 3 unspecified atom stereocenters. The quantitative estimate of drug-likeness (QED) is 0.0755.